The van der Waals surface area contributed by atoms with Crippen LogP contribution in [-0.4, -0.2) is 38.8 Å². The number of fused-ring (bicyclic) bond motifs is 2. The summed E-state index contributed by atoms with van der Waals surface area (Å²) in [6.45, 7) is 2.57. The maximum absolute atomic E-state index is 14.4. The lowest BCUT2D eigenvalue weighted by molar-refractivity contribution is -0.118. The van der Waals surface area contributed by atoms with Crippen LogP contribution in [0.25, 0.3) is 5.69 Å². The highest BCUT2D eigenvalue weighted by Gasteiger charge is 2.30. The number of aliphatic hydroxyl groups is 1. The molecule has 224 valence electrons. The topological polar surface area (TPSA) is 91.2 Å². The van der Waals surface area contributed by atoms with Crippen LogP contribution in [0.2, 0.25) is 0 Å². The zero-order valence-electron chi connectivity index (χ0n) is 24.2. The van der Waals surface area contributed by atoms with Crippen molar-refractivity contribution in [1.82, 2.24) is 20.2 Å². The highest BCUT2D eigenvalue weighted by atomic mass is 19.1. The van der Waals surface area contributed by atoms with Crippen LogP contribution in [-0.2, 0) is 30.6 Å². The van der Waals surface area contributed by atoms with E-state index >= 15 is 0 Å². The zero-order valence-corrected chi connectivity index (χ0v) is 24.2. The summed E-state index contributed by atoms with van der Waals surface area (Å²) in [6.07, 6.45) is 6.72. The Morgan fingerprint density at radius 1 is 1.09 bits per heavy atom. The Bertz CT molecular complexity index is 1610. The zero-order chi connectivity index (χ0) is 29.9. The lowest BCUT2D eigenvalue weighted by Gasteiger charge is -2.29. The first-order valence-corrected chi connectivity index (χ1v) is 15.0. The number of imidazole rings is 1. The maximum Gasteiger partial charge on any atom is 0.242 e. The van der Waals surface area contributed by atoms with Crippen LogP contribution < -0.4 is 16.0 Å². The molecule has 7 nitrogen and oxygen atoms in total. The molecule has 1 unspecified atom stereocenters. The Morgan fingerprint density at radius 2 is 1.91 bits per heavy atom. The van der Waals surface area contributed by atoms with E-state index < -0.39 is 23.8 Å². The molecular formula is C34H37F2N5O2. The van der Waals surface area contributed by atoms with Gasteiger partial charge in [-0.1, -0.05) is 55.8 Å². The van der Waals surface area contributed by atoms with Crippen LogP contribution in [0, 0.1) is 11.6 Å². The number of hydrogen-bond donors (Lipinski definition) is 4. The molecule has 0 saturated heterocycles. The number of rotatable bonds is 10. The molecule has 43 heavy (non-hydrogen) atoms. The normalized spacial score (nSPS) is 20.0. The average Bonchev–Trinajstić information content (AvgIpc) is 3.59. The lowest BCUT2D eigenvalue weighted by Crippen LogP contribution is -2.48. The molecule has 4 N–H and O–H groups in total. The number of nitrogens with zero attached hydrogens (tertiary/aromatic N) is 2. The summed E-state index contributed by atoms with van der Waals surface area (Å²) in [6, 6.07) is 17.7. The Morgan fingerprint density at radius 3 is 2.77 bits per heavy atom. The summed E-state index contributed by atoms with van der Waals surface area (Å²) in [5.74, 6) is -0.835. The number of aliphatic hydroxyl groups excluding tert-OH is 1. The second kappa shape index (κ2) is 12.8. The quantitative estimate of drug-likeness (QED) is 0.207. The van der Waals surface area contributed by atoms with E-state index in [0.717, 1.165) is 29.3 Å². The van der Waals surface area contributed by atoms with Crippen LogP contribution in [0.1, 0.15) is 60.0 Å². The number of anilines is 1. The van der Waals surface area contributed by atoms with Gasteiger partial charge < -0.3 is 25.6 Å². The largest absolute Gasteiger partial charge is 0.391 e. The van der Waals surface area contributed by atoms with Crippen molar-refractivity contribution in [1.29, 1.82) is 0 Å². The third kappa shape index (κ3) is 6.39. The average molecular weight is 586 g/mol. The van der Waals surface area contributed by atoms with Crippen LogP contribution in [0.3, 0.4) is 0 Å². The predicted octanol–water partition coefficient (Wildman–Crippen LogP) is 5.15. The third-order valence-electron chi connectivity index (χ3n) is 8.62. The minimum Gasteiger partial charge on any atom is -0.391 e. The van der Waals surface area contributed by atoms with Gasteiger partial charge in [-0.25, -0.2) is 13.8 Å². The van der Waals surface area contributed by atoms with Crippen molar-refractivity contribution >= 4 is 11.7 Å². The van der Waals surface area contributed by atoms with Crippen LogP contribution in [0.5, 0.6) is 0 Å². The van der Waals surface area contributed by atoms with E-state index in [1.807, 2.05) is 47.9 Å². The van der Waals surface area contributed by atoms with Gasteiger partial charge in [-0.2, -0.15) is 0 Å². The Balaban J connectivity index is 1.11. The summed E-state index contributed by atoms with van der Waals surface area (Å²) in [5.41, 5.74) is 5.49. The number of carbonyl (C=O) groups is 1. The van der Waals surface area contributed by atoms with Gasteiger partial charge >= 0.3 is 0 Å². The first-order chi connectivity index (χ1) is 20.9. The van der Waals surface area contributed by atoms with Gasteiger partial charge in [0, 0.05) is 25.1 Å². The molecule has 0 radical (unpaired) electrons. The van der Waals surface area contributed by atoms with E-state index in [2.05, 4.69) is 33.1 Å². The van der Waals surface area contributed by atoms with Crippen molar-refractivity contribution in [3.05, 3.63) is 113 Å². The van der Waals surface area contributed by atoms with Crippen molar-refractivity contribution in [2.75, 3.05) is 5.32 Å². The molecule has 3 aromatic carbocycles. The van der Waals surface area contributed by atoms with Gasteiger partial charge in [-0.3, -0.25) is 4.79 Å². The summed E-state index contributed by atoms with van der Waals surface area (Å²) < 4.78 is 30.0. The molecule has 1 amide bonds. The Labute approximate surface area is 250 Å². The Hall–Kier alpha value is -3.92. The van der Waals surface area contributed by atoms with Gasteiger partial charge in [0.2, 0.25) is 5.91 Å². The first kappa shape index (κ1) is 29.2. The second-order valence-corrected chi connectivity index (χ2v) is 11.6. The first-order valence-electron chi connectivity index (χ1n) is 15.0. The predicted molar refractivity (Wildman–Crippen MR) is 162 cm³/mol. The summed E-state index contributed by atoms with van der Waals surface area (Å²) in [4.78, 5) is 17.8. The van der Waals surface area contributed by atoms with E-state index in [-0.39, 0.29) is 18.0 Å². The van der Waals surface area contributed by atoms with Crippen LogP contribution in [0.4, 0.5) is 14.6 Å². The fraction of sp³-hybridized carbons (Fsp3) is 0.353. The number of aromatic nitrogens is 2. The van der Waals surface area contributed by atoms with E-state index in [4.69, 9.17) is 0 Å². The molecule has 0 bridgehead atoms. The van der Waals surface area contributed by atoms with Gasteiger partial charge in [0.1, 0.15) is 18.0 Å². The maximum atomic E-state index is 14.4. The number of benzene rings is 3. The fourth-order valence-corrected chi connectivity index (χ4v) is 6.48. The molecule has 0 spiro atoms. The lowest BCUT2D eigenvalue weighted by atomic mass is 9.87. The van der Waals surface area contributed by atoms with Gasteiger partial charge in [0.25, 0.3) is 0 Å². The van der Waals surface area contributed by atoms with Gasteiger partial charge in [-0.15, -0.1) is 0 Å². The van der Waals surface area contributed by atoms with Gasteiger partial charge in [-0.05, 0) is 65.6 Å². The molecule has 4 aromatic rings. The number of nitrogens with one attached hydrogen (secondary N) is 3. The van der Waals surface area contributed by atoms with Crippen LogP contribution >= 0.6 is 0 Å². The molecule has 2 aliphatic rings. The molecule has 1 heterocycles. The molecular weight excluding hydrogens is 548 g/mol. The standard InChI is InChI=1S/C34H37F2N5O2/c1-2-7-29(39-25-13-12-22-14-24(35)16-28(36)27(22)17-25)34(43)40-32-19-41(20-38-32)30-11-6-4-9-23(30)18-37-33-26-10-5-3-8-21(26)15-31(33)42/h3-6,8-11,14,16,19-20,25,29,31,33,37,39,42H,2,7,12-13,15,17-18H2,1H3,(H,40,43)/t25-,29?,31+,33-/m0/s1. The molecule has 6 rings (SSSR count). The smallest absolute Gasteiger partial charge is 0.242 e. The minimum absolute atomic E-state index is 0.0861. The fourth-order valence-electron chi connectivity index (χ4n) is 6.48. The molecule has 9 heteroatoms. The Kier molecular flexibility index (Phi) is 8.65. The van der Waals surface area contributed by atoms with Crippen LogP contribution in [0.15, 0.2) is 73.2 Å². The molecule has 0 saturated carbocycles. The van der Waals surface area contributed by atoms with Crippen molar-refractivity contribution in [2.45, 2.75) is 76.2 Å². The third-order valence-corrected chi connectivity index (χ3v) is 8.62. The molecule has 4 atom stereocenters. The van der Waals surface area contributed by atoms with Crippen molar-refractivity contribution < 1.29 is 18.7 Å². The SMILES string of the molecule is CCCC(N[C@H]1CCc2cc(F)cc(F)c2C1)C(=O)Nc1cn(-c2ccccc2CN[C@H]2c3ccccc3C[C@H]2O)cn1. The van der Waals surface area contributed by atoms with Crippen molar-refractivity contribution in [2.24, 2.45) is 0 Å². The van der Waals surface area contributed by atoms with Crippen molar-refractivity contribution in [3.8, 4) is 5.69 Å². The molecule has 0 aliphatic heterocycles. The minimum atomic E-state index is -0.553. The van der Waals surface area contributed by atoms with E-state index in [1.54, 1.807) is 12.5 Å². The molecule has 1 aromatic heterocycles. The van der Waals surface area contributed by atoms with Gasteiger partial charge in [0.15, 0.2) is 5.82 Å². The van der Waals surface area contributed by atoms with E-state index in [1.165, 1.54) is 11.6 Å². The van der Waals surface area contributed by atoms with E-state index in [9.17, 15) is 18.7 Å². The summed E-state index contributed by atoms with van der Waals surface area (Å²) in [5, 5.41) is 20.6. The number of hydrogen-bond acceptors (Lipinski definition) is 5. The highest BCUT2D eigenvalue weighted by molar-refractivity contribution is 5.94. The highest BCUT2D eigenvalue weighted by Crippen LogP contribution is 2.32. The monoisotopic (exact) mass is 585 g/mol. The number of para-hydroxylation sites is 1. The number of carbonyl (C=O) groups excluding carboxylic acids is 1. The summed E-state index contributed by atoms with van der Waals surface area (Å²) >= 11 is 0. The second-order valence-electron chi connectivity index (χ2n) is 11.6. The van der Waals surface area contributed by atoms with E-state index in [0.29, 0.717) is 55.6 Å². The number of halogens is 2. The molecule has 2 aliphatic carbocycles. The number of aryl methyl sites for hydroxylation is 1. The van der Waals surface area contributed by atoms with Gasteiger partial charge in [0.05, 0.1) is 30.1 Å². The number of amides is 1. The summed E-state index contributed by atoms with van der Waals surface area (Å²) in [7, 11) is 0. The molecule has 0 fully saturated rings. The van der Waals surface area contributed by atoms with Crippen molar-refractivity contribution in [3.63, 3.8) is 0 Å².